The van der Waals surface area contributed by atoms with E-state index in [0.29, 0.717) is 23.7 Å². The van der Waals surface area contributed by atoms with Crippen LogP contribution in [0.4, 0.5) is 0 Å². The molecule has 8 nitrogen and oxygen atoms in total. The lowest BCUT2D eigenvalue weighted by Gasteiger charge is -2.08. The summed E-state index contributed by atoms with van der Waals surface area (Å²) in [4.78, 5) is 28.2. The second-order valence-electron chi connectivity index (χ2n) is 7.82. The standard InChI is InChI=1S/C25H28N4O4/c1-29-21-12-17(32-2)13-23(33-3)19(21)14-22(29)25(31)27-11-9-24(30)26-10-8-16-15-28-20-7-5-4-6-18(16)20/h4-7,12-15,28H,8-11H2,1-3H3,(H,26,30)(H,27,31). The molecule has 0 aliphatic rings. The van der Waals surface area contributed by atoms with E-state index >= 15 is 0 Å². The smallest absolute Gasteiger partial charge is 0.267 e. The van der Waals surface area contributed by atoms with Crippen LogP contribution in [0, 0.1) is 0 Å². The molecule has 0 bridgehead atoms. The van der Waals surface area contributed by atoms with Crippen molar-refractivity contribution < 1.29 is 19.1 Å². The summed E-state index contributed by atoms with van der Waals surface area (Å²) in [6.07, 6.45) is 2.93. The SMILES string of the molecule is COc1cc(OC)c2cc(C(=O)NCCC(=O)NCCc3c[nH]c4ccccc34)n(C)c2c1. The van der Waals surface area contributed by atoms with Crippen LogP contribution in [-0.2, 0) is 18.3 Å². The maximum Gasteiger partial charge on any atom is 0.267 e. The van der Waals surface area contributed by atoms with Crippen LogP contribution in [-0.4, -0.2) is 48.7 Å². The highest BCUT2D eigenvalue weighted by Crippen LogP contribution is 2.33. The van der Waals surface area contributed by atoms with Gasteiger partial charge in [0.1, 0.15) is 17.2 Å². The number of carbonyl (C=O) groups excluding carboxylic acids is 2. The average Bonchev–Trinajstić information content (AvgIpc) is 3.39. The van der Waals surface area contributed by atoms with Crippen molar-refractivity contribution in [1.29, 1.82) is 0 Å². The number of carbonyl (C=O) groups is 2. The van der Waals surface area contributed by atoms with E-state index in [9.17, 15) is 9.59 Å². The van der Waals surface area contributed by atoms with Crippen LogP contribution in [0.1, 0.15) is 22.5 Å². The average molecular weight is 449 g/mol. The fourth-order valence-corrected chi connectivity index (χ4v) is 4.02. The number of rotatable bonds is 9. The zero-order valence-electron chi connectivity index (χ0n) is 19.0. The minimum absolute atomic E-state index is 0.0985. The number of aromatic amines is 1. The van der Waals surface area contributed by atoms with Crippen molar-refractivity contribution in [2.75, 3.05) is 27.3 Å². The number of ether oxygens (including phenoxy) is 2. The van der Waals surface area contributed by atoms with E-state index in [2.05, 4.69) is 21.7 Å². The maximum absolute atomic E-state index is 12.7. The van der Waals surface area contributed by atoms with Crippen LogP contribution >= 0.6 is 0 Å². The molecule has 4 aromatic rings. The molecule has 0 radical (unpaired) electrons. The van der Waals surface area contributed by atoms with Crippen molar-refractivity contribution in [2.45, 2.75) is 12.8 Å². The molecule has 33 heavy (non-hydrogen) atoms. The monoisotopic (exact) mass is 448 g/mol. The van der Waals surface area contributed by atoms with Crippen molar-refractivity contribution in [3.05, 3.63) is 59.9 Å². The Labute approximate surface area is 191 Å². The van der Waals surface area contributed by atoms with Gasteiger partial charge in [-0.05, 0) is 24.1 Å². The van der Waals surface area contributed by atoms with Gasteiger partial charge in [-0.25, -0.2) is 0 Å². The van der Waals surface area contributed by atoms with Gasteiger partial charge in [0.15, 0.2) is 0 Å². The Morgan fingerprint density at radius 2 is 1.82 bits per heavy atom. The third kappa shape index (κ3) is 4.64. The van der Waals surface area contributed by atoms with E-state index in [-0.39, 0.29) is 24.8 Å². The molecule has 2 amide bonds. The maximum atomic E-state index is 12.7. The van der Waals surface area contributed by atoms with E-state index in [0.717, 1.165) is 22.8 Å². The first-order valence-corrected chi connectivity index (χ1v) is 10.8. The van der Waals surface area contributed by atoms with E-state index < -0.39 is 0 Å². The summed E-state index contributed by atoms with van der Waals surface area (Å²) in [5.74, 6) is 0.935. The molecular weight excluding hydrogens is 420 g/mol. The highest BCUT2D eigenvalue weighted by molar-refractivity contribution is 6.01. The third-order valence-corrected chi connectivity index (χ3v) is 5.81. The first-order chi connectivity index (χ1) is 16.0. The zero-order chi connectivity index (χ0) is 23.4. The predicted octanol–water partition coefficient (Wildman–Crippen LogP) is 3.16. The van der Waals surface area contributed by atoms with Gasteiger partial charge in [0.25, 0.3) is 5.91 Å². The summed E-state index contributed by atoms with van der Waals surface area (Å²) in [5.41, 5.74) is 3.57. The predicted molar refractivity (Wildman–Crippen MR) is 128 cm³/mol. The molecule has 0 aliphatic carbocycles. The molecule has 0 fully saturated rings. The number of para-hydroxylation sites is 1. The molecule has 0 saturated heterocycles. The summed E-state index contributed by atoms with van der Waals surface area (Å²) >= 11 is 0. The first-order valence-electron chi connectivity index (χ1n) is 10.8. The fourth-order valence-electron chi connectivity index (χ4n) is 4.02. The highest BCUT2D eigenvalue weighted by Gasteiger charge is 2.17. The molecule has 8 heteroatoms. The van der Waals surface area contributed by atoms with Gasteiger partial charge in [0, 0.05) is 61.2 Å². The summed E-state index contributed by atoms with van der Waals surface area (Å²) in [6.45, 7) is 0.791. The molecule has 0 atom stereocenters. The lowest BCUT2D eigenvalue weighted by Crippen LogP contribution is -2.32. The van der Waals surface area contributed by atoms with Gasteiger partial charge in [-0.3, -0.25) is 9.59 Å². The number of benzene rings is 2. The quantitative estimate of drug-likeness (QED) is 0.366. The molecule has 4 rings (SSSR count). The van der Waals surface area contributed by atoms with Crippen molar-refractivity contribution in [1.82, 2.24) is 20.2 Å². The van der Waals surface area contributed by atoms with Gasteiger partial charge >= 0.3 is 0 Å². The van der Waals surface area contributed by atoms with Gasteiger partial charge < -0.3 is 29.7 Å². The van der Waals surface area contributed by atoms with Crippen LogP contribution in [0.25, 0.3) is 21.8 Å². The number of amides is 2. The lowest BCUT2D eigenvalue weighted by atomic mass is 10.1. The molecule has 0 saturated carbocycles. The second-order valence-corrected chi connectivity index (χ2v) is 7.82. The summed E-state index contributed by atoms with van der Waals surface area (Å²) in [7, 11) is 4.98. The van der Waals surface area contributed by atoms with E-state index in [1.54, 1.807) is 30.9 Å². The van der Waals surface area contributed by atoms with E-state index in [4.69, 9.17) is 9.47 Å². The Hall–Kier alpha value is -3.94. The molecule has 172 valence electrons. The Morgan fingerprint density at radius 3 is 2.61 bits per heavy atom. The largest absolute Gasteiger partial charge is 0.497 e. The number of fused-ring (bicyclic) bond motifs is 2. The van der Waals surface area contributed by atoms with E-state index in [1.807, 2.05) is 37.5 Å². The van der Waals surface area contributed by atoms with Crippen molar-refractivity contribution in [2.24, 2.45) is 7.05 Å². The number of hydrogen-bond acceptors (Lipinski definition) is 4. The minimum Gasteiger partial charge on any atom is -0.497 e. The number of nitrogens with zero attached hydrogens (tertiary/aromatic N) is 1. The van der Waals surface area contributed by atoms with Gasteiger partial charge in [0.05, 0.1) is 19.7 Å². The van der Waals surface area contributed by atoms with Gasteiger partial charge in [-0.2, -0.15) is 0 Å². The summed E-state index contributed by atoms with van der Waals surface area (Å²) in [6, 6.07) is 13.5. The van der Waals surface area contributed by atoms with Crippen molar-refractivity contribution >= 4 is 33.6 Å². The number of nitrogens with one attached hydrogen (secondary N) is 3. The Morgan fingerprint density at radius 1 is 1.00 bits per heavy atom. The number of H-pyrrole nitrogens is 1. The van der Waals surface area contributed by atoms with Crippen molar-refractivity contribution in [3.63, 3.8) is 0 Å². The first kappa shape index (κ1) is 22.3. The summed E-state index contributed by atoms with van der Waals surface area (Å²) in [5, 5.41) is 7.74. The molecule has 3 N–H and O–H groups in total. The van der Waals surface area contributed by atoms with Crippen LogP contribution in [0.3, 0.4) is 0 Å². The molecule has 0 unspecified atom stereocenters. The molecule has 2 aromatic carbocycles. The number of methoxy groups -OCH3 is 2. The molecule has 0 spiro atoms. The Bertz CT molecular complexity index is 1300. The van der Waals surface area contributed by atoms with Gasteiger partial charge in [0.2, 0.25) is 5.91 Å². The molecule has 0 aliphatic heterocycles. The highest BCUT2D eigenvalue weighted by atomic mass is 16.5. The molecule has 2 heterocycles. The Kier molecular flexibility index (Phi) is 6.53. The van der Waals surface area contributed by atoms with Crippen LogP contribution in [0.2, 0.25) is 0 Å². The number of aromatic nitrogens is 2. The van der Waals surface area contributed by atoms with Gasteiger partial charge in [-0.15, -0.1) is 0 Å². The Balaban J connectivity index is 1.29. The van der Waals surface area contributed by atoms with Crippen LogP contribution in [0.5, 0.6) is 11.5 Å². The lowest BCUT2D eigenvalue weighted by molar-refractivity contribution is -0.120. The van der Waals surface area contributed by atoms with Crippen molar-refractivity contribution in [3.8, 4) is 11.5 Å². The zero-order valence-corrected chi connectivity index (χ0v) is 19.0. The molecular formula is C25H28N4O4. The normalized spacial score (nSPS) is 11.0. The number of hydrogen-bond donors (Lipinski definition) is 3. The van der Waals surface area contributed by atoms with E-state index in [1.165, 1.54) is 10.9 Å². The third-order valence-electron chi connectivity index (χ3n) is 5.81. The second kappa shape index (κ2) is 9.68. The minimum atomic E-state index is -0.249. The van der Waals surface area contributed by atoms with Gasteiger partial charge in [-0.1, -0.05) is 18.2 Å². The molecule has 2 aromatic heterocycles. The van der Waals surface area contributed by atoms with Crippen LogP contribution in [0.15, 0.2) is 48.7 Å². The fraction of sp³-hybridized carbons (Fsp3) is 0.280. The summed E-state index contributed by atoms with van der Waals surface area (Å²) < 4.78 is 12.5. The van der Waals surface area contributed by atoms with Crippen LogP contribution < -0.4 is 20.1 Å². The number of aryl methyl sites for hydroxylation is 1. The topological polar surface area (TPSA) is 97.4 Å².